The average molecular weight is 315 g/mol. The fourth-order valence-corrected chi connectivity index (χ4v) is 3.21. The molecule has 1 aliphatic heterocycles. The van der Waals surface area contributed by atoms with Gasteiger partial charge in [-0.05, 0) is 24.0 Å². The molecule has 0 saturated carbocycles. The molecule has 22 heavy (non-hydrogen) atoms. The number of fused-ring (bicyclic) bond motifs is 1. The van der Waals surface area contributed by atoms with Crippen molar-refractivity contribution in [3.63, 3.8) is 0 Å². The van der Waals surface area contributed by atoms with Crippen molar-refractivity contribution in [3.05, 3.63) is 41.9 Å². The molecule has 0 saturated heterocycles. The summed E-state index contributed by atoms with van der Waals surface area (Å²) in [5, 5.41) is 3.56. The van der Waals surface area contributed by atoms with Crippen molar-refractivity contribution in [3.8, 4) is 5.88 Å². The summed E-state index contributed by atoms with van der Waals surface area (Å²) in [6, 6.07) is 5.92. The number of rotatable bonds is 4. The summed E-state index contributed by atoms with van der Waals surface area (Å²) in [5.74, 6) is 6.80. The highest BCUT2D eigenvalue weighted by atomic mass is 32.2. The molecular weight excluding hydrogens is 298 g/mol. The molecule has 0 spiro atoms. The Bertz CT molecular complexity index is 706. The predicted molar refractivity (Wildman–Crippen MR) is 88.4 cm³/mol. The summed E-state index contributed by atoms with van der Waals surface area (Å²) >= 11 is 1.72. The fraction of sp³-hybridized carbons (Fsp3) is 0.267. The van der Waals surface area contributed by atoms with Crippen LogP contribution in [-0.4, -0.2) is 29.0 Å². The Hall–Kier alpha value is -2.28. The van der Waals surface area contributed by atoms with Gasteiger partial charge in [-0.2, -0.15) is 5.10 Å². The van der Waals surface area contributed by atoms with Crippen LogP contribution in [0.2, 0.25) is 0 Å². The van der Waals surface area contributed by atoms with Crippen LogP contribution in [0, 0.1) is 0 Å². The monoisotopic (exact) mass is 315 g/mol. The minimum atomic E-state index is -0.275. The van der Waals surface area contributed by atoms with E-state index in [4.69, 9.17) is 10.6 Å². The van der Waals surface area contributed by atoms with Crippen LogP contribution in [-0.2, 0) is 0 Å². The van der Waals surface area contributed by atoms with Crippen LogP contribution in [0.25, 0.3) is 0 Å². The van der Waals surface area contributed by atoms with Gasteiger partial charge in [-0.3, -0.25) is 4.98 Å². The lowest BCUT2D eigenvalue weighted by atomic mass is 10.2. The van der Waals surface area contributed by atoms with Crippen molar-refractivity contribution >= 4 is 23.7 Å². The van der Waals surface area contributed by atoms with Crippen LogP contribution in [0.5, 0.6) is 5.88 Å². The van der Waals surface area contributed by atoms with E-state index in [1.807, 2.05) is 30.1 Å². The Kier molecular flexibility index (Phi) is 4.15. The number of hydrogen-bond donors (Lipinski definition) is 1. The third-order valence-electron chi connectivity index (χ3n) is 3.37. The number of hydrazone groups is 1. The molecule has 0 bridgehead atoms. The van der Waals surface area contributed by atoms with Crippen LogP contribution in [0.3, 0.4) is 0 Å². The van der Waals surface area contributed by atoms with Crippen molar-refractivity contribution < 1.29 is 4.74 Å². The summed E-state index contributed by atoms with van der Waals surface area (Å²) in [5.41, 5.74) is 2.72. The van der Waals surface area contributed by atoms with Crippen LogP contribution >= 0.6 is 11.8 Å². The Morgan fingerprint density at radius 3 is 3.09 bits per heavy atom. The van der Waals surface area contributed by atoms with E-state index in [1.54, 1.807) is 30.4 Å². The zero-order chi connectivity index (χ0) is 15.5. The zero-order valence-corrected chi connectivity index (χ0v) is 13.2. The van der Waals surface area contributed by atoms with Crippen LogP contribution in [0.4, 0.5) is 5.69 Å². The Morgan fingerprint density at radius 1 is 1.50 bits per heavy atom. The number of anilines is 1. The van der Waals surface area contributed by atoms with Gasteiger partial charge in [0.15, 0.2) is 0 Å². The lowest BCUT2D eigenvalue weighted by Crippen LogP contribution is -2.24. The highest BCUT2D eigenvalue weighted by Gasteiger charge is 2.33. The van der Waals surface area contributed by atoms with Crippen molar-refractivity contribution in [2.24, 2.45) is 10.9 Å². The van der Waals surface area contributed by atoms with Crippen LogP contribution in [0.15, 0.2) is 40.6 Å². The molecule has 0 amide bonds. The first kappa shape index (κ1) is 14.6. The van der Waals surface area contributed by atoms with Gasteiger partial charge < -0.3 is 15.5 Å². The molecule has 2 aromatic rings. The van der Waals surface area contributed by atoms with E-state index in [0.29, 0.717) is 5.88 Å². The molecule has 6 nitrogen and oxygen atoms in total. The second kappa shape index (κ2) is 6.23. The van der Waals surface area contributed by atoms with Gasteiger partial charge in [0.1, 0.15) is 11.4 Å². The van der Waals surface area contributed by atoms with Gasteiger partial charge in [0.2, 0.25) is 12.1 Å². The molecule has 0 aromatic carbocycles. The van der Waals surface area contributed by atoms with Gasteiger partial charge >= 0.3 is 0 Å². The van der Waals surface area contributed by atoms with Crippen molar-refractivity contribution in [2.75, 3.05) is 17.7 Å². The maximum Gasteiger partial charge on any atom is 0.239 e. The van der Waals surface area contributed by atoms with E-state index in [-0.39, 0.29) is 6.23 Å². The lowest BCUT2D eigenvalue weighted by molar-refractivity contribution is 0.219. The normalized spacial score (nSPS) is 16.8. The molecule has 0 radical (unpaired) electrons. The van der Waals surface area contributed by atoms with Crippen LogP contribution in [0.1, 0.15) is 24.4 Å². The van der Waals surface area contributed by atoms with E-state index in [9.17, 15) is 0 Å². The molecule has 2 aromatic heterocycles. The van der Waals surface area contributed by atoms with Crippen molar-refractivity contribution in [1.82, 2.24) is 9.97 Å². The second-order valence-electron chi connectivity index (χ2n) is 4.77. The SMILES string of the molecule is CCSc1cc(/C=N/N)cnc1C1Oc2ncccc2N1C. The first-order valence-electron chi connectivity index (χ1n) is 6.95. The number of pyridine rings is 2. The maximum absolute atomic E-state index is 5.97. The molecule has 1 atom stereocenters. The second-order valence-corrected chi connectivity index (χ2v) is 6.08. The maximum atomic E-state index is 5.97. The number of thioether (sulfide) groups is 1. The van der Waals surface area contributed by atoms with Crippen molar-refractivity contribution in [1.29, 1.82) is 0 Å². The molecule has 3 heterocycles. The fourth-order valence-electron chi connectivity index (χ4n) is 2.38. The van der Waals surface area contributed by atoms with E-state index in [2.05, 4.69) is 22.0 Å². The number of ether oxygens (including phenoxy) is 1. The molecule has 0 fully saturated rings. The third-order valence-corrected chi connectivity index (χ3v) is 4.29. The molecule has 114 valence electrons. The number of nitrogens with zero attached hydrogens (tertiary/aromatic N) is 4. The van der Waals surface area contributed by atoms with E-state index in [0.717, 1.165) is 27.6 Å². The Morgan fingerprint density at radius 2 is 2.36 bits per heavy atom. The summed E-state index contributed by atoms with van der Waals surface area (Å²) in [7, 11) is 1.98. The summed E-state index contributed by atoms with van der Waals surface area (Å²) in [4.78, 5) is 11.9. The Balaban J connectivity index is 1.98. The van der Waals surface area contributed by atoms with E-state index in [1.165, 1.54) is 0 Å². The molecule has 2 N–H and O–H groups in total. The zero-order valence-electron chi connectivity index (χ0n) is 12.4. The number of hydrogen-bond acceptors (Lipinski definition) is 7. The molecule has 3 rings (SSSR count). The minimum Gasteiger partial charge on any atom is -0.446 e. The topological polar surface area (TPSA) is 76.6 Å². The molecule has 0 aliphatic carbocycles. The summed E-state index contributed by atoms with van der Waals surface area (Å²) in [6.45, 7) is 2.10. The predicted octanol–water partition coefficient (Wildman–Crippen LogP) is 2.41. The first-order valence-corrected chi connectivity index (χ1v) is 7.93. The van der Waals surface area contributed by atoms with Gasteiger partial charge in [0.25, 0.3) is 0 Å². The summed E-state index contributed by atoms with van der Waals surface area (Å²) in [6.07, 6.45) is 4.79. The van der Waals surface area contributed by atoms with Gasteiger partial charge in [-0.1, -0.05) is 6.92 Å². The minimum absolute atomic E-state index is 0.275. The van der Waals surface area contributed by atoms with Gasteiger partial charge in [-0.15, -0.1) is 11.8 Å². The number of aromatic nitrogens is 2. The van der Waals surface area contributed by atoms with E-state index < -0.39 is 0 Å². The largest absolute Gasteiger partial charge is 0.446 e. The smallest absolute Gasteiger partial charge is 0.239 e. The molecule has 1 unspecified atom stereocenters. The molecule has 1 aliphatic rings. The molecule has 7 heteroatoms. The van der Waals surface area contributed by atoms with Gasteiger partial charge in [0.05, 0.1) is 6.21 Å². The van der Waals surface area contributed by atoms with Gasteiger partial charge in [-0.25, -0.2) is 4.98 Å². The van der Waals surface area contributed by atoms with Crippen LogP contribution < -0.4 is 15.5 Å². The standard InChI is InChI=1S/C15H17N5OS/c1-3-22-12-7-10(9-19-16)8-18-13(12)15-20(2)11-5-4-6-17-14(11)21-15/h4-9,15H,3,16H2,1-2H3/b19-9+. The van der Waals surface area contributed by atoms with Crippen molar-refractivity contribution in [2.45, 2.75) is 18.0 Å². The quantitative estimate of drug-likeness (QED) is 0.404. The Labute approximate surface area is 133 Å². The molecular formula is C15H17N5OS. The lowest BCUT2D eigenvalue weighted by Gasteiger charge is -2.21. The highest BCUT2D eigenvalue weighted by molar-refractivity contribution is 7.99. The summed E-state index contributed by atoms with van der Waals surface area (Å²) < 4.78 is 5.97. The third kappa shape index (κ3) is 2.59. The average Bonchev–Trinajstić information content (AvgIpc) is 2.86. The first-order chi connectivity index (χ1) is 10.7. The van der Waals surface area contributed by atoms with E-state index >= 15 is 0 Å². The van der Waals surface area contributed by atoms with Gasteiger partial charge in [0, 0.05) is 29.9 Å². The number of nitrogens with two attached hydrogens (primary N) is 1. The highest BCUT2D eigenvalue weighted by Crippen LogP contribution is 2.42.